The summed E-state index contributed by atoms with van der Waals surface area (Å²) in [5.41, 5.74) is 2.35. The molecule has 1 nitrogen and oxygen atoms in total. The van der Waals surface area contributed by atoms with Crippen LogP contribution in [-0.2, 0) is 5.75 Å². The lowest BCUT2D eigenvalue weighted by Crippen LogP contribution is -1.96. The summed E-state index contributed by atoms with van der Waals surface area (Å²) in [6.07, 6.45) is 1.50. The molecule has 2 aromatic carbocycles. The van der Waals surface area contributed by atoms with E-state index in [-0.39, 0.29) is 6.10 Å². The molecule has 0 saturated heterocycles. The summed E-state index contributed by atoms with van der Waals surface area (Å²) in [7, 11) is 0. The molecule has 2 rings (SSSR count). The lowest BCUT2D eigenvalue weighted by atomic mass is 10.1. The average molecular weight is 272 g/mol. The first-order valence-corrected chi connectivity index (χ1v) is 7.73. The second kappa shape index (κ2) is 7.37. The van der Waals surface area contributed by atoms with E-state index in [1.807, 2.05) is 30.0 Å². The van der Waals surface area contributed by atoms with Crippen molar-refractivity contribution in [3.8, 4) is 0 Å². The highest BCUT2D eigenvalue weighted by atomic mass is 32.2. The SMILES string of the molecule is CCCC(O)c1cccc(SCc2ccccc2)c1. The van der Waals surface area contributed by atoms with Crippen molar-refractivity contribution in [1.82, 2.24) is 0 Å². The molecule has 0 saturated carbocycles. The van der Waals surface area contributed by atoms with Gasteiger partial charge in [-0.2, -0.15) is 0 Å². The Balaban J connectivity index is 1.99. The van der Waals surface area contributed by atoms with Crippen LogP contribution in [0.2, 0.25) is 0 Å². The van der Waals surface area contributed by atoms with Gasteiger partial charge in [0.2, 0.25) is 0 Å². The van der Waals surface area contributed by atoms with Gasteiger partial charge in [-0.05, 0) is 29.7 Å². The zero-order chi connectivity index (χ0) is 13.5. The van der Waals surface area contributed by atoms with Gasteiger partial charge < -0.3 is 5.11 Å². The van der Waals surface area contributed by atoms with Crippen LogP contribution in [0.25, 0.3) is 0 Å². The smallest absolute Gasteiger partial charge is 0.0790 e. The molecule has 0 fully saturated rings. The molecular weight excluding hydrogens is 252 g/mol. The van der Waals surface area contributed by atoms with Gasteiger partial charge in [0.1, 0.15) is 0 Å². The van der Waals surface area contributed by atoms with Crippen molar-refractivity contribution in [2.45, 2.75) is 36.5 Å². The Hall–Kier alpha value is -1.25. The third kappa shape index (κ3) is 4.41. The van der Waals surface area contributed by atoms with Gasteiger partial charge in [-0.3, -0.25) is 0 Å². The molecule has 2 heteroatoms. The number of aliphatic hydroxyl groups is 1. The predicted molar refractivity (Wildman–Crippen MR) is 82.3 cm³/mol. The fourth-order valence-corrected chi connectivity index (χ4v) is 2.91. The van der Waals surface area contributed by atoms with Crippen LogP contribution in [0.1, 0.15) is 37.0 Å². The lowest BCUT2D eigenvalue weighted by Gasteiger charge is -2.11. The van der Waals surface area contributed by atoms with Crippen LogP contribution in [0.5, 0.6) is 0 Å². The second-order valence-corrected chi connectivity index (χ2v) is 5.70. The van der Waals surface area contributed by atoms with Crippen LogP contribution >= 0.6 is 11.8 Å². The van der Waals surface area contributed by atoms with Crippen molar-refractivity contribution in [2.75, 3.05) is 0 Å². The van der Waals surface area contributed by atoms with Crippen molar-refractivity contribution in [1.29, 1.82) is 0 Å². The molecule has 100 valence electrons. The Morgan fingerprint density at radius 1 is 1.05 bits per heavy atom. The summed E-state index contributed by atoms with van der Waals surface area (Å²) in [5, 5.41) is 10.0. The fraction of sp³-hybridized carbons (Fsp3) is 0.294. The van der Waals surface area contributed by atoms with Gasteiger partial charge in [-0.25, -0.2) is 0 Å². The minimum atomic E-state index is -0.331. The van der Waals surface area contributed by atoms with Gasteiger partial charge in [0.05, 0.1) is 6.10 Å². The van der Waals surface area contributed by atoms with Crippen molar-refractivity contribution < 1.29 is 5.11 Å². The fourth-order valence-electron chi connectivity index (χ4n) is 1.99. The quantitative estimate of drug-likeness (QED) is 0.761. The molecule has 0 bridgehead atoms. The van der Waals surface area contributed by atoms with E-state index in [0.29, 0.717) is 0 Å². The Labute approximate surface area is 119 Å². The van der Waals surface area contributed by atoms with Crippen LogP contribution < -0.4 is 0 Å². The summed E-state index contributed by atoms with van der Waals surface area (Å²) >= 11 is 1.81. The number of rotatable bonds is 6. The van der Waals surface area contributed by atoms with Crippen LogP contribution in [-0.4, -0.2) is 5.11 Å². The van der Waals surface area contributed by atoms with Gasteiger partial charge in [-0.15, -0.1) is 11.8 Å². The molecule has 0 spiro atoms. The van der Waals surface area contributed by atoms with Gasteiger partial charge in [0.15, 0.2) is 0 Å². The third-order valence-corrected chi connectivity index (χ3v) is 4.12. The Morgan fingerprint density at radius 3 is 2.58 bits per heavy atom. The monoisotopic (exact) mass is 272 g/mol. The van der Waals surface area contributed by atoms with E-state index in [1.165, 1.54) is 10.5 Å². The standard InChI is InChI=1S/C17H20OS/c1-2-7-17(18)15-10-6-11-16(12-15)19-13-14-8-4-3-5-9-14/h3-6,8-12,17-18H,2,7,13H2,1H3. The topological polar surface area (TPSA) is 20.2 Å². The molecule has 0 radical (unpaired) electrons. The summed E-state index contributed by atoms with van der Waals surface area (Å²) in [5.74, 6) is 0.966. The van der Waals surface area contributed by atoms with Crippen molar-refractivity contribution in [3.05, 3.63) is 65.7 Å². The van der Waals surface area contributed by atoms with Crippen molar-refractivity contribution in [3.63, 3.8) is 0 Å². The maximum atomic E-state index is 10.0. The van der Waals surface area contributed by atoms with Crippen LogP contribution in [0.3, 0.4) is 0 Å². The van der Waals surface area contributed by atoms with Crippen LogP contribution in [0.15, 0.2) is 59.5 Å². The van der Waals surface area contributed by atoms with Gasteiger partial charge in [0.25, 0.3) is 0 Å². The summed E-state index contributed by atoms with van der Waals surface area (Å²) < 4.78 is 0. The largest absolute Gasteiger partial charge is 0.388 e. The number of hydrogen-bond acceptors (Lipinski definition) is 2. The highest BCUT2D eigenvalue weighted by molar-refractivity contribution is 7.98. The minimum Gasteiger partial charge on any atom is -0.388 e. The lowest BCUT2D eigenvalue weighted by molar-refractivity contribution is 0.166. The van der Waals surface area contributed by atoms with E-state index in [0.717, 1.165) is 24.2 Å². The number of benzene rings is 2. The molecule has 0 heterocycles. The minimum absolute atomic E-state index is 0.331. The first-order valence-electron chi connectivity index (χ1n) is 6.74. The summed E-state index contributed by atoms with van der Waals surface area (Å²) in [6.45, 7) is 2.09. The van der Waals surface area contributed by atoms with Gasteiger partial charge >= 0.3 is 0 Å². The third-order valence-electron chi connectivity index (χ3n) is 3.05. The van der Waals surface area contributed by atoms with E-state index in [4.69, 9.17) is 0 Å². The van der Waals surface area contributed by atoms with E-state index < -0.39 is 0 Å². The molecule has 2 aromatic rings. The van der Waals surface area contributed by atoms with E-state index in [9.17, 15) is 5.11 Å². The zero-order valence-electron chi connectivity index (χ0n) is 11.3. The molecule has 0 aliphatic rings. The average Bonchev–Trinajstić information content (AvgIpc) is 2.47. The van der Waals surface area contributed by atoms with E-state index in [1.54, 1.807) is 0 Å². The van der Waals surface area contributed by atoms with E-state index in [2.05, 4.69) is 43.3 Å². The molecule has 1 N–H and O–H groups in total. The van der Waals surface area contributed by atoms with Crippen LogP contribution in [0, 0.1) is 0 Å². The number of aliphatic hydroxyl groups excluding tert-OH is 1. The molecular formula is C17H20OS. The second-order valence-electron chi connectivity index (χ2n) is 4.65. The molecule has 0 amide bonds. The number of hydrogen-bond donors (Lipinski definition) is 1. The van der Waals surface area contributed by atoms with Crippen molar-refractivity contribution >= 4 is 11.8 Å². The predicted octanol–water partition coefficient (Wildman–Crippen LogP) is 4.81. The van der Waals surface area contributed by atoms with Gasteiger partial charge in [-0.1, -0.05) is 55.8 Å². The molecule has 19 heavy (non-hydrogen) atoms. The molecule has 1 unspecified atom stereocenters. The Morgan fingerprint density at radius 2 is 1.84 bits per heavy atom. The van der Waals surface area contributed by atoms with E-state index >= 15 is 0 Å². The van der Waals surface area contributed by atoms with Gasteiger partial charge in [0, 0.05) is 10.6 Å². The number of thioether (sulfide) groups is 1. The summed E-state index contributed by atoms with van der Waals surface area (Å²) in [4.78, 5) is 1.22. The molecule has 0 aliphatic heterocycles. The highest BCUT2D eigenvalue weighted by Gasteiger charge is 2.06. The maximum Gasteiger partial charge on any atom is 0.0790 e. The normalized spacial score (nSPS) is 12.3. The highest BCUT2D eigenvalue weighted by Crippen LogP contribution is 2.26. The molecule has 0 aromatic heterocycles. The Kier molecular flexibility index (Phi) is 5.49. The Bertz CT molecular complexity index is 496. The first-order chi connectivity index (χ1) is 9.29. The van der Waals surface area contributed by atoms with Crippen molar-refractivity contribution in [2.24, 2.45) is 0 Å². The summed E-state index contributed by atoms with van der Waals surface area (Å²) in [6, 6.07) is 18.7. The molecule has 0 aliphatic carbocycles. The maximum absolute atomic E-state index is 10.0. The zero-order valence-corrected chi connectivity index (χ0v) is 12.1. The molecule has 1 atom stereocenters. The van der Waals surface area contributed by atoms with Crippen LogP contribution in [0.4, 0.5) is 0 Å². The first kappa shape index (κ1) is 14.2.